The van der Waals surface area contributed by atoms with Gasteiger partial charge in [0.05, 0.1) is 19.4 Å². The lowest BCUT2D eigenvalue weighted by atomic mass is 10.0. The number of nitrogens with zero attached hydrogens (tertiary/aromatic N) is 1. The molecule has 1 heterocycles. The first kappa shape index (κ1) is 16.3. The van der Waals surface area contributed by atoms with Crippen LogP contribution < -0.4 is 10.5 Å². The third kappa shape index (κ3) is 4.72. The van der Waals surface area contributed by atoms with E-state index in [0.717, 1.165) is 12.8 Å². The fraction of sp³-hybridized carbons (Fsp3) is 0.600. The fourth-order valence-corrected chi connectivity index (χ4v) is 1.88. The highest BCUT2D eigenvalue weighted by atomic mass is 16.5. The van der Waals surface area contributed by atoms with Crippen molar-refractivity contribution < 1.29 is 14.3 Å². The van der Waals surface area contributed by atoms with Crippen LogP contribution in [0.15, 0.2) is 12.1 Å². The van der Waals surface area contributed by atoms with Gasteiger partial charge in [-0.15, -0.1) is 0 Å². The molecule has 20 heavy (non-hydrogen) atoms. The maximum Gasteiger partial charge on any atom is 0.356 e. The molecule has 0 aliphatic rings. The maximum absolute atomic E-state index is 11.4. The van der Waals surface area contributed by atoms with Gasteiger partial charge in [-0.2, -0.15) is 0 Å². The summed E-state index contributed by atoms with van der Waals surface area (Å²) in [5.74, 6) is 0.300. The predicted octanol–water partition coefficient (Wildman–Crippen LogP) is 3.05. The Hall–Kier alpha value is -1.78. The molecule has 0 saturated heterocycles. The maximum atomic E-state index is 11.4. The zero-order valence-electron chi connectivity index (χ0n) is 12.5. The van der Waals surface area contributed by atoms with Gasteiger partial charge in [-0.05, 0) is 24.5 Å². The van der Waals surface area contributed by atoms with Gasteiger partial charge in [-0.1, -0.05) is 33.1 Å². The van der Waals surface area contributed by atoms with Gasteiger partial charge in [0.25, 0.3) is 0 Å². The second-order valence-corrected chi connectivity index (χ2v) is 4.81. The summed E-state index contributed by atoms with van der Waals surface area (Å²) in [5.41, 5.74) is 6.46. The molecule has 1 unspecified atom stereocenters. The number of unbranched alkanes of at least 4 members (excludes halogenated alkanes) is 1. The Bertz CT molecular complexity index is 435. The van der Waals surface area contributed by atoms with Crippen LogP contribution in [0.1, 0.15) is 50.0 Å². The van der Waals surface area contributed by atoms with Crippen molar-refractivity contribution in [2.24, 2.45) is 5.92 Å². The number of carbonyl (C=O) groups is 1. The number of hydrogen-bond donors (Lipinski definition) is 1. The Morgan fingerprint density at radius 1 is 1.40 bits per heavy atom. The number of anilines is 1. The van der Waals surface area contributed by atoms with E-state index >= 15 is 0 Å². The van der Waals surface area contributed by atoms with E-state index < -0.39 is 5.97 Å². The van der Waals surface area contributed by atoms with Crippen LogP contribution in [0.3, 0.4) is 0 Å². The molecule has 2 N–H and O–H groups in total. The second kappa shape index (κ2) is 8.40. The zero-order chi connectivity index (χ0) is 15.0. The highest BCUT2D eigenvalue weighted by Crippen LogP contribution is 2.21. The first-order chi connectivity index (χ1) is 9.62. The van der Waals surface area contributed by atoms with Crippen molar-refractivity contribution in [1.82, 2.24) is 4.98 Å². The molecule has 1 atom stereocenters. The molecule has 112 valence electrons. The minimum Gasteiger partial charge on any atom is -0.476 e. The Morgan fingerprint density at radius 2 is 2.15 bits per heavy atom. The average molecular weight is 280 g/mol. The summed E-state index contributed by atoms with van der Waals surface area (Å²) in [5, 5.41) is 0. The van der Waals surface area contributed by atoms with E-state index in [9.17, 15) is 4.79 Å². The standard InChI is InChI=1S/C15H24N2O3/c1-4-6-7-11(5-2)10-20-14-12(16)8-9-13(17-14)15(18)19-3/h8-9,11H,4-7,10,16H2,1-3H3. The summed E-state index contributed by atoms with van der Waals surface area (Å²) in [4.78, 5) is 15.5. The van der Waals surface area contributed by atoms with E-state index in [0.29, 0.717) is 24.1 Å². The Balaban J connectivity index is 2.68. The van der Waals surface area contributed by atoms with Crippen molar-refractivity contribution in [3.05, 3.63) is 17.8 Å². The molecule has 1 rings (SSSR count). The number of hydrogen-bond acceptors (Lipinski definition) is 5. The van der Waals surface area contributed by atoms with E-state index in [2.05, 4.69) is 23.6 Å². The normalized spacial score (nSPS) is 11.9. The summed E-state index contributed by atoms with van der Waals surface area (Å²) in [6, 6.07) is 3.14. The van der Waals surface area contributed by atoms with Gasteiger partial charge in [0.1, 0.15) is 0 Å². The monoisotopic (exact) mass is 280 g/mol. The number of pyridine rings is 1. The number of rotatable bonds is 8. The quantitative estimate of drug-likeness (QED) is 0.741. The lowest BCUT2D eigenvalue weighted by Gasteiger charge is -2.16. The Labute approximate surface area is 120 Å². The molecular formula is C15H24N2O3. The van der Waals surface area contributed by atoms with E-state index in [-0.39, 0.29) is 5.69 Å². The van der Waals surface area contributed by atoms with Crippen molar-refractivity contribution in [1.29, 1.82) is 0 Å². The minimum absolute atomic E-state index is 0.207. The van der Waals surface area contributed by atoms with Gasteiger partial charge in [0.2, 0.25) is 5.88 Å². The topological polar surface area (TPSA) is 74.4 Å². The highest BCUT2D eigenvalue weighted by Gasteiger charge is 2.13. The molecule has 0 aromatic carbocycles. The lowest BCUT2D eigenvalue weighted by Crippen LogP contribution is -2.14. The molecule has 5 nitrogen and oxygen atoms in total. The number of carbonyl (C=O) groups excluding carboxylic acids is 1. The first-order valence-corrected chi connectivity index (χ1v) is 7.09. The molecule has 0 saturated carbocycles. The number of nitrogens with two attached hydrogens (primary N) is 1. The minimum atomic E-state index is -0.493. The van der Waals surface area contributed by atoms with E-state index in [1.807, 2.05) is 0 Å². The average Bonchev–Trinajstić information content (AvgIpc) is 2.48. The van der Waals surface area contributed by atoms with E-state index in [4.69, 9.17) is 10.5 Å². The molecule has 0 aliphatic carbocycles. The number of esters is 1. The van der Waals surface area contributed by atoms with E-state index in [1.165, 1.54) is 26.0 Å². The van der Waals surface area contributed by atoms with Gasteiger partial charge in [-0.25, -0.2) is 9.78 Å². The lowest BCUT2D eigenvalue weighted by molar-refractivity contribution is 0.0592. The number of aromatic nitrogens is 1. The molecule has 0 amide bonds. The summed E-state index contributed by atoms with van der Waals surface area (Å²) in [7, 11) is 1.32. The summed E-state index contributed by atoms with van der Waals surface area (Å²) in [6.07, 6.45) is 4.54. The third-order valence-corrected chi connectivity index (χ3v) is 3.28. The molecular weight excluding hydrogens is 256 g/mol. The van der Waals surface area contributed by atoms with Crippen molar-refractivity contribution in [3.8, 4) is 5.88 Å². The Morgan fingerprint density at radius 3 is 2.75 bits per heavy atom. The third-order valence-electron chi connectivity index (χ3n) is 3.28. The molecule has 1 aromatic heterocycles. The summed E-state index contributed by atoms with van der Waals surface area (Å²) >= 11 is 0. The van der Waals surface area contributed by atoms with Gasteiger partial charge in [0.15, 0.2) is 5.69 Å². The molecule has 0 radical (unpaired) electrons. The van der Waals surface area contributed by atoms with Crippen molar-refractivity contribution >= 4 is 11.7 Å². The molecule has 0 spiro atoms. The molecule has 5 heteroatoms. The number of methoxy groups -OCH3 is 1. The van der Waals surface area contributed by atoms with Gasteiger partial charge >= 0.3 is 5.97 Å². The highest BCUT2D eigenvalue weighted by molar-refractivity contribution is 5.87. The summed E-state index contributed by atoms with van der Waals surface area (Å²) < 4.78 is 10.3. The first-order valence-electron chi connectivity index (χ1n) is 7.09. The molecule has 0 fully saturated rings. The van der Waals surface area contributed by atoms with E-state index in [1.54, 1.807) is 6.07 Å². The number of nitrogen functional groups attached to an aromatic ring is 1. The molecule has 0 aliphatic heterocycles. The smallest absolute Gasteiger partial charge is 0.356 e. The largest absolute Gasteiger partial charge is 0.476 e. The van der Waals surface area contributed by atoms with Gasteiger partial charge in [-0.3, -0.25) is 0 Å². The van der Waals surface area contributed by atoms with Crippen LogP contribution in [0.5, 0.6) is 5.88 Å². The van der Waals surface area contributed by atoms with Crippen LogP contribution >= 0.6 is 0 Å². The van der Waals surface area contributed by atoms with Gasteiger partial charge < -0.3 is 15.2 Å². The van der Waals surface area contributed by atoms with Crippen LogP contribution in [-0.4, -0.2) is 24.7 Å². The molecule has 1 aromatic rings. The SMILES string of the molecule is CCCCC(CC)COc1nc(C(=O)OC)ccc1N. The predicted molar refractivity (Wildman–Crippen MR) is 78.8 cm³/mol. The molecule has 0 bridgehead atoms. The van der Waals surface area contributed by atoms with Gasteiger partial charge in [0, 0.05) is 0 Å². The fourth-order valence-electron chi connectivity index (χ4n) is 1.88. The summed E-state index contributed by atoms with van der Waals surface area (Å²) in [6.45, 7) is 4.89. The van der Waals surface area contributed by atoms with Crippen LogP contribution in [0.4, 0.5) is 5.69 Å². The van der Waals surface area contributed by atoms with Crippen molar-refractivity contribution in [2.75, 3.05) is 19.5 Å². The number of ether oxygens (including phenoxy) is 2. The van der Waals surface area contributed by atoms with Crippen LogP contribution in [0.2, 0.25) is 0 Å². The van der Waals surface area contributed by atoms with Crippen LogP contribution in [0.25, 0.3) is 0 Å². The van der Waals surface area contributed by atoms with Crippen LogP contribution in [0, 0.1) is 5.92 Å². The Kier molecular flexibility index (Phi) is 6.84. The van der Waals surface area contributed by atoms with Crippen LogP contribution in [-0.2, 0) is 4.74 Å². The van der Waals surface area contributed by atoms with Crippen molar-refractivity contribution in [3.63, 3.8) is 0 Å². The second-order valence-electron chi connectivity index (χ2n) is 4.81. The van der Waals surface area contributed by atoms with Crippen molar-refractivity contribution in [2.45, 2.75) is 39.5 Å². The zero-order valence-corrected chi connectivity index (χ0v) is 12.5.